The van der Waals surface area contributed by atoms with Crippen LogP contribution in [0.3, 0.4) is 0 Å². The van der Waals surface area contributed by atoms with E-state index in [0.29, 0.717) is 15.6 Å². The summed E-state index contributed by atoms with van der Waals surface area (Å²) in [6, 6.07) is 14.0. The maximum atomic E-state index is 12.9. The van der Waals surface area contributed by atoms with Gasteiger partial charge >= 0.3 is 0 Å². The van der Waals surface area contributed by atoms with Crippen LogP contribution in [0.15, 0.2) is 54.1 Å². The Hall–Kier alpha value is -2.93. The van der Waals surface area contributed by atoms with Crippen LogP contribution in [0.5, 0.6) is 0 Å². The van der Waals surface area contributed by atoms with Gasteiger partial charge in [-0.25, -0.2) is 12.7 Å². The lowest BCUT2D eigenvalue weighted by atomic mass is 10.1. The van der Waals surface area contributed by atoms with Gasteiger partial charge in [-0.15, -0.1) is 0 Å². The number of amides is 2. The number of aryl methyl sites for hydroxylation is 2. The Morgan fingerprint density at radius 2 is 1.56 bits per heavy atom. The molecule has 0 saturated carbocycles. The summed E-state index contributed by atoms with van der Waals surface area (Å²) in [5.74, 6) is -1.24. The molecule has 140 valence electrons. The van der Waals surface area contributed by atoms with Crippen molar-refractivity contribution in [3.8, 4) is 0 Å². The zero-order valence-electron chi connectivity index (χ0n) is 15.3. The SMILES string of the molecule is CC1=C(c2ccccc2)S(=O)(=O)N(CC(=O)Nc2c(C)cccc2C)C1=O. The van der Waals surface area contributed by atoms with E-state index in [9.17, 15) is 18.0 Å². The fourth-order valence-corrected chi connectivity index (χ4v) is 4.90. The fraction of sp³-hybridized carbons (Fsp3) is 0.200. The third-order valence-electron chi connectivity index (χ3n) is 4.50. The highest BCUT2D eigenvalue weighted by atomic mass is 32.2. The topological polar surface area (TPSA) is 83.6 Å². The van der Waals surface area contributed by atoms with Crippen LogP contribution < -0.4 is 5.32 Å². The Morgan fingerprint density at radius 3 is 2.15 bits per heavy atom. The second kappa shape index (κ2) is 7.00. The van der Waals surface area contributed by atoms with Crippen LogP contribution in [0.25, 0.3) is 4.91 Å². The first-order valence-corrected chi connectivity index (χ1v) is 9.87. The summed E-state index contributed by atoms with van der Waals surface area (Å²) in [6.07, 6.45) is 0. The molecule has 0 aliphatic carbocycles. The van der Waals surface area contributed by atoms with Gasteiger partial charge < -0.3 is 5.32 Å². The molecule has 7 heteroatoms. The first-order valence-electron chi connectivity index (χ1n) is 8.43. The van der Waals surface area contributed by atoms with Crippen LogP contribution in [0.4, 0.5) is 5.69 Å². The average Bonchev–Trinajstić information content (AvgIpc) is 2.78. The van der Waals surface area contributed by atoms with E-state index in [1.807, 2.05) is 32.0 Å². The third-order valence-corrected chi connectivity index (χ3v) is 6.44. The maximum absolute atomic E-state index is 12.9. The molecule has 2 aromatic carbocycles. The van der Waals surface area contributed by atoms with Crippen molar-refractivity contribution in [2.45, 2.75) is 20.8 Å². The number of hydrogen-bond acceptors (Lipinski definition) is 4. The van der Waals surface area contributed by atoms with Crippen molar-refractivity contribution < 1.29 is 18.0 Å². The second-order valence-corrected chi connectivity index (χ2v) is 8.25. The summed E-state index contributed by atoms with van der Waals surface area (Å²) >= 11 is 0. The molecule has 1 N–H and O–H groups in total. The number of rotatable bonds is 4. The quantitative estimate of drug-likeness (QED) is 0.879. The summed E-state index contributed by atoms with van der Waals surface area (Å²) in [5.41, 5.74) is 2.89. The predicted octanol–water partition coefficient (Wildman–Crippen LogP) is 2.85. The van der Waals surface area contributed by atoms with Gasteiger partial charge in [0.1, 0.15) is 11.4 Å². The Morgan fingerprint density at radius 1 is 0.963 bits per heavy atom. The van der Waals surface area contributed by atoms with Crippen molar-refractivity contribution in [1.29, 1.82) is 0 Å². The Balaban J connectivity index is 1.87. The molecular formula is C20H20N2O4S. The first kappa shape index (κ1) is 18.8. The Bertz CT molecular complexity index is 1040. The van der Waals surface area contributed by atoms with E-state index in [1.165, 1.54) is 6.92 Å². The first-order chi connectivity index (χ1) is 12.7. The lowest BCUT2D eigenvalue weighted by molar-refractivity contribution is -0.126. The van der Waals surface area contributed by atoms with Crippen molar-refractivity contribution in [3.05, 3.63) is 70.8 Å². The normalized spacial score (nSPS) is 16.0. The molecule has 0 unspecified atom stereocenters. The lowest BCUT2D eigenvalue weighted by Crippen LogP contribution is -2.38. The standard InChI is InChI=1S/C20H20N2O4S/c1-13-8-7-9-14(2)18(13)21-17(23)12-22-20(24)15(3)19(27(22,25)26)16-10-5-4-6-11-16/h4-11H,12H2,1-3H3,(H,21,23). The molecule has 0 saturated heterocycles. The highest BCUT2D eigenvalue weighted by Crippen LogP contribution is 2.35. The van der Waals surface area contributed by atoms with Gasteiger partial charge in [-0.2, -0.15) is 0 Å². The van der Waals surface area contributed by atoms with E-state index >= 15 is 0 Å². The minimum absolute atomic E-state index is 0.0482. The van der Waals surface area contributed by atoms with Crippen LogP contribution in [0.1, 0.15) is 23.6 Å². The molecule has 0 bridgehead atoms. The molecule has 0 aromatic heterocycles. The van der Waals surface area contributed by atoms with Crippen LogP contribution >= 0.6 is 0 Å². The third kappa shape index (κ3) is 3.38. The number of nitrogens with zero attached hydrogens (tertiary/aromatic N) is 1. The smallest absolute Gasteiger partial charge is 0.268 e. The zero-order valence-corrected chi connectivity index (χ0v) is 16.1. The van der Waals surface area contributed by atoms with E-state index in [1.54, 1.807) is 30.3 Å². The van der Waals surface area contributed by atoms with Gasteiger partial charge in [-0.05, 0) is 37.5 Å². The van der Waals surface area contributed by atoms with Gasteiger partial charge in [0.15, 0.2) is 0 Å². The molecule has 0 atom stereocenters. The predicted molar refractivity (Wildman–Crippen MR) is 104 cm³/mol. The van der Waals surface area contributed by atoms with E-state index in [-0.39, 0.29) is 10.5 Å². The molecule has 1 aliphatic rings. The van der Waals surface area contributed by atoms with Crippen molar-refractivity contribution in [2.24, 2.45) is 0 Å². The molecule has 0 radical (unpaired) electrons. The van der Waals surface area contributed by atoms with Gasteiger partial charge in [-0.1, -0.05) is 48.5 Å². The molecule has 1 aliphatic heterocycles. The number of hydrogen-bond donors (Lipinski definition) is 1. The van der Waals surface area contributed by atoms with E-state index in [0.717, 1.165) is 11.1 Å². The number of nitrogens with one attached hydrogen (secondary N) is 1. The fourth-order valence-electron chi connectivity index (χ4n) is 3.13. The van der Waals surface area contributed by atoms with Crippen LogP contribution in [-0.2, 0) is 19.6 Å². The summed E-state index contributed by atoms with van der Waals surface area (Å²) in [4.78, 5) is 25.0. The van der Waals surface area contributed by atoms with E-state index in [4.69, 9.17) is 0 Å². The van der Waals surface area contributed by atoms with Gasteiger partial charge in [0.2, 0.25) is 5.91 Å². The minimum atomic E-state index is -4.08. The molecule has 0 fully saturated rings. The molecule has 3 rings (SSSR count). The summed E-state index contributed by atoms with van der Waals surface area (Å²) in [7, 11) is -4.08. The number of carbonyl (C=O) groups is 2. The monoisotopic (exact) mass is 384 g/mol. The molecule has 2 amide bonds. The highest BCUT2D eigenvalue weighted by molar-refractivity contribution is 7.99. The lowest BCUT2D eigenvalue weighted by Gasteiger charge is -2.18. The van der Waals surface area contributed by atoms with E-state index < -0.39 is 28.4 Å². The largest absolute Gasteiger partial charge is 0.324 e. The van der Waals surface area contributed by atoms with Gasteiger partial charge in [-0.3, -0.25) is 9.59 Å². The molecule has 1 heterocycles. The molecule has 6 nitrogen and oxygen atoms in total. The van der Waals surface area contributed by atoms with Gasteiger partial charge in [0.25, 0.3) is 15.9 Å². The Kier molecular flexibility index (Phi) is 4.89. The van der Waals surface area contributed by atoms with Crippen molar-refractivity contribution >= 4 is 32.4 Å². The molecule has 0 spiro atoms. The number of para-hydroxylation sites is 1. The van der Waals surface area contributed by atoms with Crippen LogP contribution in [0, 0.1) is 13.8 Å². The van der Waals surface area contributed by atoms with Crippen molar-refractivity contribution in [3.63, 3.8) is 0 Å². The number of carbonyl (C=O) groups excluding carboxylic acids is 2. The Labute approximate surface area is 158 Å². The number of sulfonamides is 1. The van der Waals surface area contributed by atoms with Gasteiger partial charge in [0, 0.05) is 11.3 Å². The van der Waals surface area contributed by atoms with Crippen LogP contribution in [-0.4, -0.2) is 31.1 Å². The molecular weight excluding hydrogens is 364 g/mol. The average molecular weight is 384 g/mol. The highest BCUT2D eigenvalue weighted by Gasteiger charge is 2.43. The van der Waals surface area contributed by atoms with Crippen molar-refractivity contribution in [1.82, 2.24) is 4.31 Å². The maximum Gasteiger partial charge on any atom is 0.268 e. The molecule has 2 aromatic rings. The second-order valence-electron chi connectivity index (χ2n) is 6.45. The zero-order chi connectivity index (χ0) is 19.8. The van der Waals surface area contributed by atoms with Crippen molar-refractivity contribution in [2.75, 3.05) is 11.9 Å². The number of benzene rings is 2. The van der Waals surface area contributed by atoms with Crippen LogP contribution in [0.2, 0.25) is 0 Å². The number of anilines is 1. The van der Waals surface area contributed by atoms with Gasteiger partial charge in [0.05, 0.1) is 0 Å². The summed E-state index contributed by atoms with van der Waals surface area (Å²) in [5, 5.41) is 2.72. The van der Waals surface area contributed by atoms with E-state index in [2.05, 4.69) is 5.32 Å². The molecule has 27 heavy (non-hydrogen) atoms. The minimum Gasteiger partial charge on any atom is -0.324 e. The summed E-state index contributed by atoms with van der Waals surface area (Å²) in [6.45, 7) is 4.59. The summed E-state index contributed by atoms with van der Waals surface area (Å²) < 4.78 is 26.4.